The Morgan fingerprint density at radius 3 is 2.20 bits per heavy atom. The van der Waals surface area contributed by atoms with Gasteiger partial charge in [0.25, 0.3) is 0 Å². The summed E-state index contributed by atoms with van der Waals surface area (Å²) in [5.41, 5.74) is -0.696. The summed E-state index contributed by atoms with van der Waals surface area (Å²) in [6, 6.07) is -0.870. The number of ether oxygens (including phenoxy) is 1. The average Bonchev–Trinajstić information content (AvgIpc) is 2.66. The number of nitrogens with one attached hydrogen (secondary N) is 1. The number of rotatable bonds is 6. The second-order valence-electron chi connectivity index (χ2n) is 7.79. The predicted octanol–water partition coefficient (Wildman–Crippen LogP) is 2.14. The molecule has 3 amide bonds. The number of nitrogens with zero attached hydrogens (tertiary/aromatic N) is 1. The standard InChI is InChI=1S/C18H30N2O5/c1-8-9-10(2)13(19-17(24)25-18(4,5)6)14(21)12-11(3)15(22)20(7)16(12)23/h10-13H,8-9H2,1-7H3,(H,19,24)/t10?,11-,12+,13?/m0/s1. The minimum absolute atomic E-state index is 0.175. The van der Waals surface area contributed by atoms with Crippen LogP contribution in [0.25, 0.3) is 0 Å². The van der Waals surface area contributed by atoms with Crippen molar-refractivity contribution in [1.82, 2.24) is 10.2 Å². The third-order valence-electron chi connectivity index (χ3n) is 4.42. The van der Waals surface area contributed by atoms with Crippen LogP contribution in [0.4, 0.5) is 4.79 Å². The fourth-order valence-electron chi connectivity index (χ4n) is 3.09. The Hall–Kier alpha value is -1.92. The van der Waals surface area contributed by atoms with Gasteiger partial charge in [0.05, 0.1) is 12.0 Å². The molecule has 1 saturated heterocycles. The summed E-state index contributed by atoms with van der Waals surface area (Å²) in [5, 5.41) is 2.61. The van der Waals surface area contributed by atoms with Crippen LogP contribution in [0.5, 0.6) is 0 Å². The summed E-state index contributed by atoms with van der Waals surface area (Å²) >= 11 is 0. The number of alkyl carbamates (subject to hydrolysis) is 1. The van der Waals surface area contributed by atoms with Crippen LogP contribution < -0.4 is 5.32 Å². The van der Waals surface area contributed by atoms with E-state index in [0.29, 0.717) is 6.42 Å². The lowest BCUT2D eigenvalue weighted by Crippen LogP contribution is -2.50. The highest BCUT2D eigenvalue weighted by atomic mass is 16.6. The van der Waals surface area contributed by atoms with Gasteiger partial charge >= 0.3 is 6.09 Å². The van der Waals surface area contributed by atoms with E-state index >= 15 is 0 Å². The first-order chi connectivity index (χ1) is 11.4. The summed E-state index contributed by atoms with van der Waals surface area (Å²) < 4.78 is 5.24. The average molecular weight is 354 g/mol. The van der Waals surface area contributed by atoms with Gasteiger partial charge in [0.1, 0.15) is 11.5 Å². The third-order valence-corrected chi connectivity index (χ3v) is 4.42. The van der Waals surface area contributed by atoms with Crippen molar-refractivity contribution in [1.29, 1.82) is 0 Å². The van der Waals surface area contributed by atoms with Crippen LogP contribution in [0, 0.1) is 17.8 Å². The van der Waals surface area contributed by atoms with E-state index in [1.165, 1.54) is 7.05 Å². The van der Waals surface area contributed by atoms with Gasteiger partial charge in [-0.25, -0.2) is 4.79 Å². The van der Waals surface area contributed by atoms with Crippen molar-refractivity contribution in [2.75, 3.05) is 7.05 Å². The molecule has 0 aromatic heterocycles. The van der Waals surface area contributed by atoms with Crippen LogP contribution in [0.3, 0.4) is 0 Å². The zero-order valence-corrected chi connectivity index (χ0v) is 16.2. The fraction of sp³-hybridized carbons (Fsp3) is 0.778. The lowest BCUT2D eigenvalue weighted by molar-refractivity contribution is -0.140. The maximum Gasteiger partial charge on any atom is 0.408 e. The Morgan fingerprint density at radius 1 is 1.24 bits per heavy atom. The molecule has 142 valence electrons. The minimum atomic E-state index is -1.06. The van der Waals surface area contributed by atoms with Gasteiger partial charge in [0.15, 0.2) is 5.78 Å². The highest BCUT2D eigenvalue weighted by molar-refractivity contribution is 6.16. The van der Waals surface area contributed by atoms with Crippen LogP contribution in [0.15, 0.2) is 0 Å². The molecule has 0 saturated carbocycles. The zero-order valence-electron chi connectivity index (χ0n) is 16.2. The molecule has 1 aliphatic heterocycles. The highest BCUT2D eigenvalue weighted by Gasteiger charge is 2.49. The zero-order chi connectivity index (χ0) is 19.5. The van der Waals surface area contributed by atoms with Crippen molar-refractivity contribution in [3.63, 3.8) is 0 Å². The molecule has 2 unspecified atom stereocenters. The summed E-state index contributed by atoms with van der Waals surface area (Å²) in [5.74, 6) is -3.27. The van der Waals surface area contributed by atoms with Gasteiger partial charge in [0, 0.05) is 7.05 Å². The largest absolute Gasteiger partial charge is 0.444 e. The van der Waals surface area contributed by atoms with Gasteiger partial charge in [-0.3, -0.25) is 19.3 Å². The molecule has 0 spiro atoms. The summed E-state index contributed by atoms with van der Waals surface area (Å²) in [6.07, 6.45) is 0.825. The first-order valence-corrected chi connectivity index (χ1v) is 8.75. The topological polar surface area (TPSA) is 92.8 Å². The van der Waals surface area contributed by atoms with Gasteiger partial charge < -0.3 is 10.1 Å². The van der Waals surface area contributed by atoms with Crippen LogP contribution in [-0.2, 0) is 19.1 Å². The Morgan fingerprint density at radius 2 is 1.80 bits per heavy atom. The number of imide groups is 1. The number of likely N-dealkylation sites (tertiary alicyclic amines) is 1. The fourth-order valence-corrected chi connectivity index (χ4v) is 3.09. The molecular formula is C18H30N2O5. The van der Waals surface area contributed by atoms with E-state index in [9.17, 15) is 19.2 Å². The van der Waals surface area contributed by atoms with Gasteiger partial charge in [0.2, 0.25) is 11.8 Å². The Balaban J connectivity index is 3.03. The van der Waals surface area contributed by atoms with Crippen LogP contribution in [0.2, 0.25) is 0 Å². The molecule has 0 aromatic rings. The van der Waals surface area contributed by atoms with Crippen molar-refractivity contribution in [3.8, 4) is 0 Å². The molecule has 1 fully saturated rings. The lowest BCUT2D eigenvalue weighted by Gasteiger charge is -2.28. The van der Waals surface area contributed by atoms with E-state index in [2.05, 4.69) is 5.32 Å². The first-order valence-electron chi connectivity index (χ1n) is 8.75. The van der Waals surface area contributed by atoms with Gasteiger partial charge in [-0.05, 0) is 33.1 Å². The molecule has 4 atom stereocenters. The van der Waals surface area contributed by atoms with E-state index in [1.807, 2.05) is 13.8 Å². The number of amides is 3. The van der Waals surface area contributed by atoms with E-state index in [-0.39, 0.29) is 11.8 Å². The second kappa shape index (κ2) is 7.97. The maximum atomic E-state index is 13.0. The maximum absolute atomic E-state index is 13.0. The molecule has 0 aliphatic carbocycles. The summed E-state index contributed by atoms with van der Waals surface area (Å²) in [7, 11) is 1.38. The Bertz CT molecular complexity index is 552. The molecule has 7 heteroatoms. The number of ketones is 1. The molecule has 0 radical (unpaired) electrons. The van der Waals surface area contributed by atoms with Crippen molar-refractivity contribution in [2.24, 2.45) is 17.8 Å². The van der Waals surface area contributed by atoms with Crippen LogP contribution >= 0.6 is 0 Å². The number of carbonyl (C=O) groups excluding carboxylic acids is 4. The monoisotopic (exact) mass is 354 g/mol. The lowest BCUT2D eigenvalue weighted by atomic mass is 9.83. The highest BCUT2D eigenvalue weighted by Crippen LogP contribution is 2.28. The van der Waals surface area contributed by atoms with Crippen LogP contribution in [-0.4, -0.2) is 47.3 Å². The number of hydrogen-bond donors (Lipinski definition) is 1. The Kier molecular flexibility index (Phi) is 6.74. The van der Waals surface area contributed by atoms with Crippen molar-refractivity contribution < 1.29 is 23.9 Å². The molecule has 1 aliphatic rings. The summed E-state index contributed by atoms with van der Waals surface area (Å²) in [6.45, 7) is 10.6. The van der Waals surface area contributed by atoms with E-state index in [0.717, 1.165) is 11.3 Å². The number of hydrogen-bond acceptors (Lipinski definition) is 5. The number of carbonyl (C=O) groups is 4. The normalized spacial score (nSPS) is 23.4. The van der Waals surface area contributed by atoms with Crippen molar-refractivity contribution >= 4 is 23.7 Å². The first kappa shape index (κ1) is 21.1. The molecule has 7 nitrogen and oxygen atoms in total. The van der Waals surface area contributed by atoms with E-state index in [4.69, 9.17) is 4.74 Å². The van der Waals surface area contributed by atoms with Gasteiger partial charge in [-0.1, -0.05) is 27.2 Å². The quantitative estimate of drug-likeness (QED) is 0.583. The second-order valence-corrected chi connectivity index (χ2v) is 7.79. The minimum Gasteiger partial charge on any atom is -0.444 e. The van der Waals surface area contributed by atoms with Crippen LogP contribution in [0.1, 0.15) is 54.4 Å². The van der Waals surface area contributed by atoms with Gasteiger partial charge in [-0.15, -0.1) is 0 Å². The van der Waals surface area contributed by atoms with Crippen molar-refractivity contribution in [2.45, 2.75) is 66.0 Å². The predicted molar refractivity (Wildman–Crippen MR) is 92.7 cm³/mol. The molecule has 25 heavy (non-hydrogen) atoms. The molecule has 1 heterocycles. The molecule has 0 bridgehead atoms. The van der Waals surface area contributed by atoms with E-state index in [1.54, 1.807) is 27.7 Å². The smallest absolute Gasteiger partial charge is 0.408 e. The molecular weight excluding hydrogens is 324 g/mol. The molecule has 1 rings (SSSR count). The molecule has 0 aromatic carbocycles. The number of Topliss-reactive ketones (excluding diaryl/α,β-unsaturated/α-hetero) is 1. The SMILES string of the molecule is CCCC(C)C(NC(=O)OC(C)(C)C)C(=O)[C@@H]1C(=O)N(C)C(=O)[C@H]1C. The van der Waals surface area contributed by atoms with Gasteiger partial charge in [-0.2, -0.15) is 0 Å². The molecule has 1 N–H and O–H groups in total. The van der Waals surface area contributed by atoms with Crippen molar-refractivity contribution in [3.05, 3.63) is 0 Å². The third kappa shape index (κ3) is 5.03. The Labute approximate surface area is 149 Å². The summed E-state index contributed by atoms with van der Waals surface area (Å²) in [4.78, 5) is 50.4. The van der Waals surface area contributed by atoms with E-state index < -0.39 is 41.3 Å².